The summed E-state index contributed by atoms with van der Waals surface area (Å²) < 4.78 is 0. The Morgan fingerprint density at radius 3 is 2.86 bits per heavy atom. The van der Waals surface area contributed by atoms with Crippen LogP contribution >= 0.6 is 0 Å². The maximum absolute atomic E-state index is 11.6. The number of carbonyl (C=O) groups excluding carboxylic acids is 1. The highest BCUT2D eigenvalue weighted by molar-refractivity contribution is 5.77. The van der Waals surface area contributed by atoms with Crippen LogP contribution in [0.25, 0.3) is 0 Å². The summed E-state index contributed by atoms with van der Waals surface area (Å²) in [5, 5.41) is 6.34. The molecule has 1 atom stereocenters. The molecule has 2 amide bonds. The molecule has 21 heavy (non-hydrogen) atoms. The number of hydrogen-bond donors (Lipinski definition) is 2. The third kappa shape index (κ3) is 3.13. The number of nitrogens with one attached hydrogen (secondary N) is 2. The van der Waals surface area contributed by atoms with Gasteiger partial charge in [-0.15, -0.1) is 0 Å². The lowest BCUT2D eigenvalue weighted by atomic mass is 10.1. The molecule has 1 aromatic rings. The van der Waals surface area contributed by atoms with Crippen LogP contribution in [0, 0.1) is 0 Å². The molecule has 0 spiro atoms. The smallest absolute Gasteiger partial charge is 0.317 e. The van der Waals surface area contributed by atoms with Crippen molar-refractivity contribution in [1.82, 2.24) is 15.5 Å². The summed E-state index contributed by atoms with van der Waals surface area (Å²) in [7, 11) is 0. The van der Waals surface area contributed by atoms with E-state index in [1.807, 2.05) is 4.90 Å². The van der Waals surface area contributed by atoms with Gasteiger partial charge in [-0.1, -0.05) is 19.1 Å². The van der Waals surface area contributed by atoms with E-state index >= 15 is 0 Å². The Bertz CT molecular complexity index is 488. The van der Waals surface area contributed by atoms with Crippen LogP contribution in [0.15, 0.2) is 24.3 Å². The van der Waals surface area contributed by atoms with Crippen LogP contribution < -0.4 is 15.5 Å². The molecule has 114 valence electrons. The third-order valence-electron chi connectivity index (χ3n) is 4.29. The number of urea groups is 1. The molecule has 3 rings (SSSR count). The number of anilines is 1. The van der Waals surface area contributed by atoms with Gasteiger partial charge in [0, 0.05) is 38.4 Å². The minimum absolute atomic E-state index is 0.0944. The average Bonchev–Trinajstić information content (AvgIpc) is 2.89. The summed E-state index contributed by atoms with van der Waals surface area (Å²) in [6.45, 7) is 7.60. The van der Waals surface area contributed by atoms with Gasteiger partial charge in [-0.3, -0.25) is 0 Å². The van der Waals surface area contributed by atoms with Crippen LogP contribution in [0.2, 0.25) is 0 Å². The molecule has 0 aromatic heterocycles. The van der Waals surface area contributed by atoms with Crippen molar-refractivity contribution in [3.05, 3.63) is 29.8 Å². The van der Waals surface area contributed by atoms with Crippen LogP contribution in [0.3, 0.4) is 0 Å². The van der Waals surface area contributed by atoms with Crippen LogP contribution in [-0.4, -0.2) is 49.7 Å². The van der Waals surface area contributed by atoms with E-state index in [4.69, 9.17) is 0 Å². The lowest BCUT2D eigenvalue weighted by Gasteiger charge is -2.37. The predicted octanol–water partition coefficient (Wildman–Crippen LogP) is 1.40. The second kappa shape index (κ2) is 6.35. The van der Waals surface area contributed by atoms with Crippen molar-refractivity contribution >= 4 is 11.7 Å². The normalized spacial score (nSPS) is 21.4. The first-order valence-corrected chi connectivity index (χ1v) is 7.87. The number of nitrogens with zero attached hydrogens (tertiary/aromatic N) is 2. The molecule has 2 N–H and O–H groups in total. The van der Waals surface area contributed by atoms with Gasteiger partial charge in [-0.2, -0.15) is 0 Å². The first kappa shape index (κ1) is 14.2. The minimum atomic E-state index is 0.0944. The van der Waals surface area contributed by atoms with E-state index in [1.54, 1.807) is 0 Å². The monoisotopic (exact) mass is 288 g/mol. The van der Waals surface area contributed by atoms with Gasteiger partial charge in [-0.05, 0) is 30.7 Å². The molecule has 0 aliphatic carbocycles. The largest absolute Gasteiger partial charge is 0.368 e. The Morgan fingerprint density at radius 2 is 2.10 bits per heavy atom. The quantitative estimate of drug-likeness (QED) is 0.805. The molecule has 2 heterocycles. The standard InChI is InChI=1S/C16H24N4O/c1-2-7-17-10-13-3-5-14(6-4-13)19-8-9-20-15(12-19)11-18-16(20)21/h3-6,15,17H,2,7-12H2,1H3,(H,18,21). The Balaban J connectivity index is 1.58. The van der Waals surface area contributed by atoms with Gasteiger partial charge >= 0.3 is 6.03 Å². The van der Waals surface area contributed by atoms with Gasteiger partial charge in [-0.25, -0.2) is 4.79 Å². The number of fused-ring (bicyclic) bond motifs is 1. The SMILES string of the molecule is CCCNCc1ccc(N2CCN3C(=O)NCC3C2)cc1. The number of hydrogen-bond acceptors (Lipinski definition) is 3. The average molecular weight is 288 g/mol. The van der Waals surface area contributed by atoms with Crippen molar-refractivity contribution in [2.24, 2.45) is 0 Å². The fraction of sp³-hybridized carbons (Fsp3) is 0.562. The topological polar surface area (TPSA) is 47.6 Å². The van der Waals surface area contributed by atoms with Gasteiger partial charge in [0.1, 0.15) is 0 Å². The van der Waals surface area contributed by atoms with Gasteiger partial charge in [0.15, 0.2) is 0 Å². The lowest BCUT2D eigenvalue weighted by molar-refractivity contribution is 0.197. The molecule has 2 fully saturated rings. The Kier molecular flexibility index (Phi) is 4.29. The molecule has 0 bridgehead atoms. The molecule has 5 heteroatoms. The molecule has 1 aromatic carbocycles. The highest BCUT2D eigenvalue weighted by Crippen LogP contribution is 2.21. The highest BCUT2D eigenvalue weighted by Gasteiger charge is 2.35. The summed E-state index contributed by atoms with van der Waals surface area (Å²) >= 11 is 0. The molecule has 1 unspecified atom stereocenters. The first-order chi connectivity index (χ1) is 10.3. The summed E-state index contributed by atoms with van der Waals surface area (Å²) in [5.41, 5.74) is 2.58. The third-order valence-corrected chi connectivity index (χ3v) is 4.29. The molecule has 5 nitrogen and oxygen atoms in total. The Labute approximate surface area is 126 Å². The van der Waals surface area contributed by atoms with E-state index in [9.17, 15) is 4.79 Å². The molecular formula is C16H24N4O. The van der Waals surface area contributed by atoms with Crippen molar-refractivity contribution < 1.29 is 4.79 Å². The number of rotatable bonds is 5. The van der Waals surface area contributed by atoms with E-state index in [-0.39, 0.29) is 6.03 Å². The molecule has 2 saturated heterocycles. The zero-order valence-corrected chi connectivity index (χ0v) is 12.6. The van der Waals surface area contributed by atoms with Gasteiger partial charge < -0.3 is 20.4 Å². The van der Waals surface area contributed by atoms with Crippen molar-refractivity contribution in [2.75, 3.05) is 37.6 Å². The number of carbonyl (C=O) groups is 1. The van der Waals surface area contributed by atoms with E-state index in [2.05, 4.69) is 46.7 Å². The minimum Gasteiger partial charge on any atom is -0.368 e. The maximum atomic E-state index is 11.6. The van der Waals surface area contributed by atoms with Gasteiger partial charge in [0.25, 0.3) is 0 Å². The molecule has 0 radical (unpaired) electrons. The van der Waals surface area contributed by atoms with Crippen molar-refractivity contribution in [2.45, 2.75) is 25.9 Å². The molecule has 0 saturated carbocycles. The second-order valence-corrected chi connectivity index (χ2v) is 5.82. The lowest BCUT2D eigenvalue weighted by Crippen LogP contribution is -2.52. The highest BCUT2D eigenvalue weighted by atomic mass is 16.2. The van der Waals surface area contributed by atoms with Gasteiger partial charge in [0.05, 0.1) is 6.04 Å². The predicted molar refractivity (Wildman–Crippen MR) is 84.5 cm³/mol. The summed E-state index contributed by atoms with van der Waals surface area (Å²) in [6.07, 6.45) is 1.16. The van der Waals surface area contributed by atoms with Crippen LogP contribution in [0.5, 0.6) is 0 Å². The van der Waals surface area contributed by atoms with Crippen molar-refractivity contribution in [1.29, 1.82) is 0 Å². The molecule has 2 aliphatic heterocycles. The zero-order valence-electron chi connectivity index (χ0n) is 12.6. The zero-order chi connectivity index (χ0) is 14.7. The second-order valence-electron chi connectivity index (χ2n) is 5.82. The summed E-state index contributed by atoms with van der Waals surface area (Å²) in [6, 6.07) is 9.20. The Hall–Kier alpha value is -1.75. The summed E-state index contributed by atoms with van der Waals surface area (Å²) in [4.78, 5) is 15.9. The number of amides is 2. The van der Waals surface area contributed by atoms with E-state index in [0.29, 0.717) is 6.04 Å². The van der Waals surface area contributed by atoms with Crippen molar-refractivity contribution in [3.63, 3.8) is 0 Å². The molecule has 2 aliphatic rings. The van der Waals surface area contributed by atoms with Crippen LogP contribution in [0.1, 0.15) is 18.9 Å². The van der Waals surface area contributed by atoms with Crippen molar-refractivity contribution in [3.8, 4) is 0 Å². The number of benzene rings is 1. The molecular weight excluding hydrogens is 264 g/mol. The van der Waals surface area contributed by atoms with E-state index < -0.39 is 0 Å². The maximum Gasteiger partial charge on any atom is 0.317 e. The van der Waals surface area contributed by atoms with Gasteiger partial charge in [0.2, 0.25) is 0 Å². The first-order valence-electron chi connectivity index (χ1n) is 7.87. The number of piperazine rings is 1. The summed E-state index contributed by atoms with van der Waals surface area (Å²) in [5.74, 6) is 0. The van der Waals surface area contributed by atoms with E-state index in [0.717, 1.165) is 45.7 Å². The fourth-order valence-electron chi connectivity index (χ4n) is 3.07. The van der Waals surface area contributed by atoms with E-state index in [1.165, 1.54) is 11.3 Å². The van der Waals surface area contributed by atoms with Crippen LogP contribution in [0.4, 0.5) is 10.5 Å². The van der Waals surface area contributed by atoms with Crippen LogP contribution in [-0.2, 0) is 6.54 Å². The fourth-order valence-corrected chi connectivity index (χ4v) is 3.07. The Morgan fingerprint density at radius 1 is 1.29 bits per heavy atom.